The molecule has 2 heterocycles. The molecule has 0 saturated carbocycles. The predicted molar refractivity (Wildman–Crippen MR) is 317 cm³/mol. The van der Waals surface area contributed by atoms with E-state index in [0.29, 0.717) is 0 Å². The summed E-state index contributed by atoms with van der Waals surface area (Å²) in [5.41, 5.74) is 24.3. The fourth-order valence-electron chi connectivity index (χ4n) is 12.8. The topological polar surface area (TPSA) is 11.4 Å². The van der Waals surface area contributed by atoms with Crippen LogP contribution in [0.4, 0.5) is 34.1 Å². The number of hydrogen-bond acceptors (Lipinski definition) is 2. The van der Waals surface area contributed by atoms with Gasteiger partial charge in [0.25, 0.3) is 0 Å². The summed E-state index contributed by atoms with van der Waals surface area (Å²) < 4.78 is 2.40. The van der Waals surface area contributed by atoms with Gasteiger partial charge in [0.2, 0.25) is 0 Å². The maximum atomic E-state index is 2.52. The summed E-state index contributed by atoms with van der Waals surface area (Å²) >= 11 is 0. The van der Waals surface area contributed by atoms with Gasteiger partial charge in [-0.15, -0.1) is 0 Å². The molecule has 0 atom stereocenters. The van der Waals surface area contributed by atoms with Crippen molar-refractivity contribution in [2.24, 2.45) is 0 Å². The van der Waals surface area contributed by atoms with Crippen LogP contribution in [0, 0.1) is 0 Å². The molecule has 0 amide bonds. The van der Waals surface area contributed by atoms with Crippen LogP contribution in [0.2, 0.25) is 0 Å². The van der Waals surface area contributed by atoms with Crippen LogP contribution < -0.4 is 9.80 Å². The van der Waals surface area contributed by atoms with E-state index in [1.165, 1.54) is 83.3 Å². The molecule has 3 nitrogen and oxygen atoms in total. The van der Waals surface area contributed by atoms with Gasteiger partial charge in [0.1, 0.15) is 0 Å². The highest BCUT2D eigenvalue weighted by Gasteiger charge is 2.52. The van der Waals surface area contributed by atoms with Gasteiger partial charge in [-0.1, -0.05) is 224 Å². The Morgan fingerprint density at radius 3 is 1.50 bits per heavy atom. The van der Waals surface area contributed by atoms with Gasteiger partial charge in [0, 0.05) is 39.0 Å². The summed E-state index contributed by atoms with van der Waals surface area (Å²) in [6.45, 7) is 0. The molecule has 356 valence electrons. The minimum Gasteiger partial charge on any atom is -0.310 e. The van der Waals surface area contributed by atoms with Crippen molar-refractivity contribution in [3.63, 3.8) is 0 Å². The van der Waals surface area contributed by atoms with E-state index in [4.69, 9.17) is 0 Å². The normalized spacial score (nSPS) is 12.8. The molecule has 1 aliphatic carbocycles. The summed E-state index contributed by atoms with van der Waals surface area (Å²) in [7, 11) is 0. The van der Waals surface area contributed by atoms with Crippen LogP contribution in [0.15, 0.2) is 297 Å². The van der Waals surface area contributed by atoms with Crippen molar-refractivity contribution in [3.05, 3.63) is 320 Å². The second kappa shape index (κ2) is 17.6. The monoisotopic (exact) mass is 967 g/mol. The van der Waals surface area contributed by atoms with Gasteiger partial charge in [-0.3, -0.25) is 0 Å². The van der Waals surface area contributed by atoms with E-state index >= 15 is 0 Å². The highest BCUT2D eigenvalue weighted by atomic mass is 15.2. The van der Waals surface area contributed by atoms with Crippen molar-refractivity contribution in [1.82, 2.24) is 4.57 Å². The molecular weight excluding hydrogens is 919 g/mol. The van der Waals surface area contributed by atoms with Crippen LogP contribution >= 0.6 is 0 Å². The van der Waals surface area contributed by atoms with Crippen molar-refractivity contribution in [3.8, 4) is 50.2 Å². The lowest BCUT2D eigenvalue weighted by molar-refractivity contribution is 0.752. The van der Waals surface area contributed by atoms with E-state index < -0.39 is 5.41 Å². The first-order valence-electron chi connectivity index (χ1n) is 26.3. The number of nitrogens with zero attached hydrogens (tertiary/aromatic N) is 3. The molecule has 13 aromatic rings. The predicted octanol–water partition coefficient (Wildman–Crippen LogP) is 19.4. The molecule has 1 spiro atoms. The molecule has 1 aromatic heterocycles. The molecular formula is C73H49N3. The second-order valence-corrected chi connectivity index (χ2v) is 20.0. The Kier molecular flexibility index (Phi) is 10.1. The van der Waals surface area contributed by atoms with E-state index in [1.54, 1.807) is 0 Å². The van der Waals surface area contributed by atoms with E-state index in [0.717, 1.165) is 45.1 Å². The number of benzene rings is 12. The van der Waals surface area contributed by atoms with E-state index in [2.05, 4.69) is 312 Å². The van der Waals surface area contributed by atoms with Gasteiger partial charge in [-0.25, -0.2) is 0 Å². The highest BCUT2D eigenvalue weighted by Crippen LogP contribution is 2.65. The summed E-state index contributed by atoms with van der Waals surface area (Å²) in [5.74, 6) is 0. The average molecular weight is 968 g/mol. The molecule has 0 fully saturated rings. The molecule has 1 aliphatic heterocycles. The Bertz CT molecular complexity index is 4280. The van der Waals surface area contributed by atoms with Gasteiger partial charge in [-0.05, 0) is 128 Å². The molecule has 0 saturated heterocycles. The third kappa shape index (κ3) is 6.62. The van der Waals surface area contributed by atoms with Crippen LogP contribution in [0.25, 0.3) is 72.0 Å². The van der Waals surface area contributed by atoms with Crippen LogP contribution in [0.1, 0.15) is 22.3 Å². The Balaban J connectivity index is 0.944. The second-order valence-electron chi connectivity index (χ2n) is 20.0. The molecule has 0 radical (unpaired) electrons. The molecule has 12 aromatic carbocycles. The number of anilines is 6. The quantitative estimate of drug-likeness (QED) is 0.150. The highest BCUT2D eigenvalue weighted by molar-refractivity contribution is 6.10. The Morgan fingerprint density at radius 1 is 0.289 bits per heavy atom. The summed E-state index contributed by atoms with van der Waals surface area (Å²) in [5, 5.41) is 2.49. The standard InChI is InChI=1S/C73H49N3/c1-4-21-50(22-5-1)51-39-41-53(42-40-51)58-27-11-16-34-66(58)74(57-46-43-52(44-47-57)54-45-48-60-59-28-12-17-35-67(59)75(71(60)49-54)55-23-6-2-7-24-55)70-38-20-33-65-72(70)61-29-10-13-30-62(61)73(65)63-31-14-18-36-68(63)76(56-25-8-3-9-26-56)69-37-19-15-32-64(69)73/h1-49H. The first-order valence-corrected chi connectivity index (χ1v) is 26.3. The maximum Gasteiger partial charge on any atom is 0.0755 e. The van der Waals surface area contributed by atoms with E-state index in [1.807, 2.05) is 0 Å². The first kappa shape index (κ1) is 43.6. The molecule has 0 unspecified atom stereocenters. The minimum atomic E-state index is -0.608. The van der Waals surface area contributed by atoms with Crippen molar-refractivity contribution in [2.75, 3.05) is 9.80 Å². The number of rotatable bonds is 8. The summed E-state index contributed by atoms with van der Waals surface area (Å²) in [6.07, 6.45) is 0. The minimum absolute atomic E-state index is 0.608. The largest absolute Gasteiger partial charge is 0.310 e. The van der Waals surface area contributed by atoms with Crippen LogP contribution in [0.3, 0.4) is 0 Å². The zero-order valence-corrected chi connectivity index (χ0v) is 41.6. The van der Waals surface area contributed by atoms with Gasteiger partial charge in [0.05, 0.1) is 39.2 Å². The third-order valence-electron chi connectivity index (χ3n) is 16.0. The zero-order chi connectivity index (χ0) is 50.2. The third-order valence-corrected chi connectivity index (χ3v) is 16.0. The smallest absolute Gasteiger partial charge is 0.0755 e. The van der Waals surface area contributed by atoms with E-state index in [9.17, 15) is 0 Å². The zero-order valence-electron chi connectivity index (χ0n) is 41.6. The molecule has 2 aliphatic rings. The van der Waals surface area contributed by atoms with Gasteiger partial charge in [-0.2, -0.15) is 0 Å². The average Bonchev–Trinajstić information content (AvgIpc) is 4.00. The van der Waals surface area contributed by atoms with Crippen molar-refractivity contribution in [1.29, 1.82) is 0 Å². The Labute approximate surface area is 443 Å². The lowest BCUT2D eigenvalue weighted by Gasteiger charge is -2.45. The van der Waals surface area contributed by atoms with Gasteiger partial charge in [0.15, 0.2) is 0 Å². The molecule has 0 bridgehead atoms. The SMILES string of the molecule is c1ccc(-c2ccc(-c3ccccc3N(c3ccc(-c4ccc5c6ccccc6n(-c6ccccc6)c5c4)cc3)c3cccc4c3-c3ccccc3C43c4ccccc4N(c4ccccc4)c4ccccc43)cc2)cc1. The molecule has 0 N–H and O–H groups in total. The van der Waals surface area contributed by atoms with Gasteiger partial charge >= 0.3 is 0 Å². The van der Waals surface area contributed by atoms with Gasteiger partial charge < -0.3 is 14.4 Å². The Hall–Kier alpha value is -9.96. The van der Waals surface area contributed by atoms with Crippen molar-refractivity contribution >= 4 is 55.9 Å². The lowest BCUT2D eigenvalue weighted by Crippen LogP contribution is -2.36. The van der Waals surface area contributed by atoms with Crippen LogP contribution in [-0.2, 0) is 5.41 Å². The van der Waals surface area contributed by atoms with E-state index in [-0.39, 0.29) is 0 Å². The number of para-hydroxylation sites is 6. The maximum absolute atomic E-state index is 2.52. The van der Waals surface area contributed by atoms with Crippen molar-refractivity contribution < 1.29 is 0 Å². The number of fused-ring (bicyclic) bond motifs is 12. The van der Waals surface area contributed by atoms with Crippen LogP contribution in [0.5, 0.6) is 0 Å². The first-order chi connectivity index (χ1) is 37.7. The van der Waals surface area contributed by atoms with Crippen molar-refractivity contribution in [2.45, 2.75) is 5.41 Å². The fraction of sp³-hybridized carbons (Fsp3) is 0.0137. The molecule has 15 rings (SSSR count). The fourth-order valence-corrected chi connectivity index (χ4v) is 12.8. The summed E-state index contributed by atoms with van der Waals surface area (Å²) in [6, 6.07) is 109. The summed E-state index contributed by atoms with van der Waals surface area (Å²) in [4.78, 5) is 4.97. The number of aromatic nitrogens is 1. The molecule has 76 heavy (non-hydrogen) atoms. The molecule has 3 heteroatoms. The Morgan fingerprint density at radius 2 is 0.776 bits per heavy atom. The lowest BCUT2D eigenvalue weighted by atomic mass is 9.64. The number of hydrogen-bond donors (Lipinski definition) is 0. The van der Waals surface area contributed by atoms with Crippen LogP contribution in [-0.4, -0.2) is 4.57 Å².